The zero-order chi connectivity index (χ0) is 12.3. The van der Waals surface area contributed by atoms with E-state index in [0.717, 1.165) is 10.5 Å². The summed E-state index contributed by atoms with van der Waals surface area (Å²) in [4.78, 5) is 4.78. The van der Waals surface area contributed by atoms with Crippen LogP contribution in [0.15, 0.2) is 24.5 Å². The lowest BCUT2D eigenvalue weighted by atomic mass is 9.84. The standard InChI is InChI=1S/C11H15BF2N2O/c13-12(14)9-16-7-3-11(17,4-8-16)10-1-5-15-6-2-10/h1-2,5-6,17H,3-4,7-9H2/p+1. The lowest BCUT2D eigenvalue weighted by molar-refractivity contribution is -0.898. The van der Waals surface area contributed by atoms with Crippen LogP contribution in [0.5, 0.6) is 0 Å². The highest BCUT2D eigenvalue weighted by Gasteiger charge is 2.37. The maximum absolute atomic E-state index is 12.2. The molecule has 1 fully saturated rings. The number of nitrogens with zero attached hydrogens (tertiary/aromatic N) is 1. The van der Waals surface area contributed by atoms with Gasteiger partial charge in [-0.05, 0) is 17.7 Å². The van der Waals surface area contributed by atoms with Gasteiger partial charge in [0.25, 0.3) is 0 Å². The van der Waals surface area contributed by atoms with E-state index >= 15 is 0 Å². The second-order valence-corrected chi connectivity index (χ2v) is 4.61. The number of piperidine rings is 1. The summed E-state index contributed by atoms with van der Waals surface area (Å²) in [5.41, 5.74) is -0.0298. The highest BCUT2D eigenvalue weighted by atomic mass is 19.2. The normalized spacial score (nSPS) is 29.0. The van der Waals surface area contributed by atoms with E-state index in [4.69, 9.17) is 0 Å². The third-order valence-corrected chi connectivity index (χ3v) is 3.44. The fourth-order valence-corrected chi connectivity index (χ4v) is 2.39. The lowest BCUT2D eigenvalue weighted by Crippen LogP contribution is -3.14. The molecule has 1 saturated heterocycles. The van der Waals surface area contributed by atoms with Crippen LogP contribution in [0.2, 0.25) is 0 Å². The molecule has 0 bridgehead atoms. The van der Waals surface area contributed by atoms with Gasteiger partial charge in [0.1, 0.15) is 12.0 Å². The first-order chi connectivity index (χ1) is 8.10. The summed E-state index contributed by atoms with van der Waals surface area (Å²) < 4.78 is 24.5. The number of hydrogen-bond acceptors (Lipinski definition) is 2. The number of hydrogen-bond donors (Lipinski definition) is 2. The zero-order valence-electron chi connectivity index (χ0n) is 9.57. The largest absolute Gasteiger partial charge is 0.592 e. The minimum atomic E-state index is -2.27. The molecule has 17 heavy (non-hydrogen) atoms. The lowest BCUT2D eigenvalue weighted by Gasteiger charge is -2.35. The number of rotatable bonds is 3. The van der Waals surface area contributed by atoms with Crippen LogP contribution < -0.4 is 4.90 Å². The molecule has 3 nitrogen and oxygen atoms in total. The summed E-state index contributed by atoms with van der Waals surface area (Å²) in [6.07, 6.45) is 4.22. The highest BCUT2D eigenvalue weighted by molar-refractivity contribution is 6.42. The maximum Gasteiger partial charge on any atom is 0.592 e. The molecule has 1 aliphatic heterocycles. The van der Waals surface area contributed by atoms with Crippen molar-refractivity contribution in [3.05, 3.63) is 30.1 Å². The molecule has 1 aromatic rings. The van der Waals surface area contributed by atoms with Crippen molar-refractivity contribution < 1.29 is 18.6 Å². The van der Waals surface area contributed by atoms with Gasteiger partial charge in [-0.25, -0.2) is 0 Å². The van der Waals surface area contributed by atoms with Gasteiger partial charge in [0.05, 0.1) is 13.1 Å². The summed E-state index contributed by atoms with van der Waals surface area (Å²) in [6.45, 7) is 1.17. The van der Waals surface area contributed by atoms with Gasteiger partial charge in [0.2, 0.25) is 0 Å². The average Bonchev–Trinajstić information content (AvgIpc) is 2.33. The van der Waals surface area contributed by atoms with Gasteiger partial charge < -0.3 is 10.0 Å². The van der Waals surface area contributed by atoms with E-state index in [-0.39, 0.29) is 6.44 Å². The van der Waals surface area contributed by atoms with Crippen molar-refractivity contribution in [2.45, 2.75) is 18.4 Å². The van der Waals surface area contributed by atoms with E-state index in [1.54, 1.807) is 24.5 Å². The van der Waals surface area contributed by atoms with Crippen molar-refractivity contribution >= 4 is 7.27 Å². The highest BCUT2D eigenvalue weighted by Crippen LogP contribution is 2.28. The van der Waals surface area contributed by atoms with Gasteiger partial charge in [-0.1, -0.05) is 0 Å². The molecule has 92 valence electrons. The summed E-state index contributed by atoms with van der Waals surface area (Å²) in [5.74, 6) is 0. The van der Waals surface area contributed by atoms with Gasteiger partial charge in [-0.3, -0.25) is 13.6 Å². The molecule has 6 heteroatoms. The number of pyridine rings is 1. The van der Waals surface area contributed by atoms with Crippen LogP contribution in [0.3, 0.4) is 0 Å². The SMILES string of the molecule is OC1(c2ccncc2)CC[NH+](CB(F)F)CC1. The molecule has 0 unspecified atom stereocenters. The molecule has 2 rings (SSSR count). The predicted molar refractivity (Wildman–Crippen MR) is 60.9 cm³/mol. The van der Waals surface area contributed by atoms with Crippen molar-refractivity contribution in [3.63, 3.8) is 0 Å². The van der Waals surface area contributed by atoms with Crippen molar-refractivity contribution in [1.82, 2.24) is 4.98 Å². The molecule has 1 aromatic heterocycles. The van der Waals surface area contributed by atoms with Crippen LogP contribution in [0.1, 0.15) is 18.4 Å². The molecule has 2 N–H and O–H groups in total. The molecule has 0 radical (unpaired) electrons. The second-order valence-electron chi connectivity index (χ2n) is 4.61. The summed E-state index contributed by atoms with van der Waals surface area (Å²) >= 11 is 0. The Balaban J connectivity index is 1.98. The first-order valence-corrected chi connectivity index (χ1v) is 5.85. The van der Waals surface area contributed by atoms with Crippen molar-refractivity contribution in [1.29, 1.82) is 0 Å². The summed E-state index contributed by atoms with van der Waals surface area (Å²) in [6, 6.07) is 3.58. The van der Waals surface area contributed by atoms with Crippen molar-refractivity contribution in [2.75, 3.05) is 19.5 Å². The summed E-state index contributed by atoms with van der Waals surface area (Å²) in [5, 5.41) is 10.5. The molecule has 0 saturated carbocycles. The van der Waals surface area contributed by atoms with Crippen LogP contribution in [0.4, 0.5) is 8.63 Å². The second kappa shape index (κ2) is 5.10. The minimum absolute atomic E-state index is 0.119. The molecule has 1 aliphatic rings. The van der Waals surface area contributed by atoms with Gasteiger partial charge in [0, 0.05) is 25.2 Å². The van der Waals surface area contributed by atoms with Gasteiger partial charge in [-0.2, -0.15) is 0 Å². The van der Waals surface area contributed by atoms with Crippen LogP contribution in [-0.4, -0.2) is 36.9 Å². The van der Waals surface area contributed by atoms with E-state index in [9.17, 15) is 13.7 Å². The van der Waals surface area contributed by atoms with Crippen LogP contribution in [0, 0.1) is 0 Å². The molecule has 0 aliphatic carbocycles. The Kier molecular flexibility index (Phi) is 3.74. The van der Waals surface area contributed by atoms with Crippen LogP contribution >= 0.6 is 0 Å². The molecular formula is C11H16BF2N2O+. The van der Waals surface area contributed by atoms with Crippen molar-refractivity contribution in [3.8, 4) is 0 Å². The number of halogens is 2. The average molecular weight is 241 g/mol. The molecular weight excluding hydrogens is 225 g/mol. The molecule has 0 atom stereocenters. The number of aliphatic hydroxyl groups is 1. The van der Waals surface area contributed by atoms with Crippen molar-refractivity contribution in [2.24, 2.45) is 0 Å². The number of likely N-dealkylation sites (tertiary alicyclic amines) is 1. The third kappa shape index (κ3) is 3.01. The Labute approximate surface area is 99.6 Å². The zero-order valence-corrected chi connectivity index (χ0v) is 9.57. The van der Waals surface area contributed by atoms with Gasteiger partial charge in [-0.15, -0.1) is 0 Å². The Morgan fingerprint density at radius 2 is 1.88 bits per heavy atom. The third-order valence-electron chi connectivity index (χ3n) is 3.44. The maximum atomic E-state index is 12.2. The Bertz CT molecular complexity index is 356. The molecule has 0 amide bonds. The van der Waals surface area contributed by atoms with E-state index in [0.29, 0.717) is 25.9 Å². The Morgan fingerprint density at radius 1 is 1.29 bits per heavy atom. The Morgan fingerprint density at radius 3 is 2.41 bits per heavy atom. The quantitative estimate of drug-likeness (QED) is 0.726. The molecule has 0 aromatic carbocycles. The smallest absolute Gasteiger partial charge is 0.385 e. The van der Waals surface area contributed by atoms with E-state index < -0.39 is 12.9 Å². The number of quaternary nitrogens is 1. The van der Waals surface area contributed by atoms with E-state index in [2.05, 4.69) is 4.98 Å². The topological polar surface area (TPSA) is 37.6 Å². The Hall–Kier alpha value is -1.01. The van der Waals surface area contributed by atoms with Gasteiger partial charge >= 0.3 is 7.27 Å². The number of aromatic nitrogens is 1. The summed E-state index contributed by atoms with van der Waals surface area (Å²) in [7, 11) is -2.27. The fourth-order valence-electron chi connectivity index (χ4n) is 2.39. The van der Waals surface area contributed by atoms with E-state index in [1.165, 1.54) is 0 Å². The van der Waals surface area contributed by atoms with Crippen LogP contribution in [0.25, 0.3) is 0 Å². The first kappa shape index (κ1) is 12.5. The van der Waals surface area contributed by atoms with Gasteiger partial charge in [0.15, 0.2) is 0 Å². The fraction of sp³-hybridized carbons (Fsp3) is 0.545. The van der Waals surface area contributed by atoms with Crippen LogP contribution in [-0.2, 0) is 5.60 Å². The number of nitrogens with one attached hydrogen (secondary N) is 1. The van der Waals surface area contributed by atoms with E-state index in [1.807, 2.05) is 0 Å². The molecule has 2 heterocycles. The predicted octanol–water partition coefficient (Wildman–Crippen LogP) is -0.0857. The molecule has 0 spiro atoms. The first-order valence-electron chi connectivity index (χ1n) is 5.85. The monoisotopic (exact) mass is 241 g/mol. The minimum Gasteiger partial charge on any atom is -0.385 e.